The lowest BCUT2D eigenvalue weighted by Gasteiger charge is -2.27. The molecule has 0 fully saturated rings. The van der Waals surface area contributed by atoms with Crippen molar-refractivity contribution < 1.29 is 8.83 Å². The normalized spacial score (nSPS) is 11.8. The average molecular weight is 760 g/mol. The van der Waals surface area contributed by atoms with Crippen molar-refractivity contribution in [3.05, 3.63) is 200 Å². The molecule has 3 heterocycles. The number of benzene rings is 9. The first-order valence-electron chi connectivity index (χ1n) is 19.6. The number of nitrogens with zero attached hydrogens (tertiary/aromatic N) is 1. The first-order chi connectivity index (χ1) is 28.7. The molecule has 0 amide bonds. The van der Waals surface area contributed by atoms with Crippen LogP contribution >= 0.6 is 11.3 Å². The third-order valence-corrected chi connectivity index (χ3v) is 12.6. The summed E-state index contributed by atoms with van der Waals surface area (Å²) in [7, 11) is 0. The number of furan rings is 2. The Morgan fingerprint density at radius 2 is 0.862 bits per heavy atom. The maximum Gasteiger partial charge on any atom is 0.143 e. The molecular formula is C54H33NO2S. The Hall–Kier alpha value is -7.40. The van der Waals surface area contributed by atoms with Gasteiger partial charge in [-0.2, -0.15) is 0 Å². The second kappa shape index (κ2) is 13.1. The zero-order valence-corrected chi connectivity index (χ0v) is 32.0. The minimum Gasteiger partial charge on any atom is -0.455 e. The lowest BCUT2D eigenvalue weighted by Crippen LogP contribution is -2.10. The van der Waals surface area contributed by atoms with Crippen LogP contribution in [0.2, 0.25) is 0 Å². The number of rotatable bonds is 6. The van der Waals surface area contributed by atoms with Gasteiger partial charge in [-0.25, -0.2) is 0 Å². The summed E-state index contributed by atoms with van der Waals surface area (Å²) in [4.78, 5) is 2.41. The van der Waals surface area contributed by atoms with E-state index in [-0.39, 0.29) is 0 Å². The Morgan fingerprint density at radius 1 is 0.345 bits per heavy atom. The molecule has 0 N–H and O–H groups in total. The summed E-state index contributed by atoms with van der Waals surface area (Å²) in [5.74, 6) is 0. The van der Waals surface area contributed by atoms with Crippen molar-refractivity contribution in [3.63, 3.8) is 0 Å². The van der Waals surface area contributed by atoms with Crippen LogP contribution in [-0.4, -0.2) is 0 Å². The fourth-order valence-electron chi connectivity index (χ4n) is 8.78. The molecule has 3 nitrogen and oxygen atoms in total. The molecule has 12 aromatic rings. The summed E-state index contributed by atoms with van der Waals surface area (Å²) in [5.41, 5.74) is 13.7. The Bertz CT molecular complexity index is 3520. The lowest BCUT2D eigenvalue weighted by molar-refractivity contribution is 0.669. The van der Waals surface area contributed by atoms with E-state index in [1.807, 2.05) is 35.6 Å². The van der Waals surface area contributed by atoms with Crippen LogP contribution in [0.1, 0.15) is 0 Å². The number of hydrogen-bond donors (Lipinski definition) is 0. The molecule has 9 aromatic carbocycles. The topological polar surface area (TPSA) is 29.5 Å². The Labute approximate surface area is 338 Å². The van der Waals surface area contributed by atoms with E-state index in [4.69, 9.17) is 8.83 Å². The fraction of sp³-hybridized carbons (Fsp3) is 0. The maximum absolute atomic E-state index is 6.51. The molecule has 4 heteroatoms. The Balaban J connectivity index is 0.965. The van der Waals surface area contributed by atoms with Crippen molar-refractivity contribution in [2.45, 2.75) is 0 Å². The van der Waals surface area contributed by atoms with Gasteiger partial charge < -0.3 is 13.7 Å². The van der Waals surface area contributed by atoms with Crippen LogP contribution in [0, 0.1) is 0 Å². The molecule has 0 spiro atoms. The van der Waals surface area contributed by atoms with Crippen LogP contribution in [0.4, 0.5) is 17.1 Å². The van der Waals surface area contributed by atoms with Gasteiger partial charge in [0.05, 0.1) is 5.69 Å². The molecule has 0 bridgehead atoms. The van der Waals surface area contributed by atoms with Crippen LogP contribution in [-0.2, 0) is 0 Å². The first kappa shape index (κ1) is 32.8. The predicted molar refractivity (Wildman–Crippen MR) is 245 cm³/mol. The molecule has 0 aliphatic carbocycles. The highest BCUT2D eigenvalue weighted by molar-refractivity contribution is 7.26. The van der Waals surface area contributed by atoms with E-state index in [0.29, 0.717) is 0 Å². The predicted octanol–water partition coefficient (Wildman–Crippen LogP) is 16.3. The fourth-order valence-corrected chi connectivity index (χ4v) is 9.90. The van der Waals surface area contributed by atoms with Crippen molar-refractivity contribution in [3.8, 4) is 33.4 Å². The maximum atomic E-state index is 6.51. The van der Waals surface area contributed by atoms with Gasteiger partial charge in [-0.3, -0.25) is 0 Å². The van der Waals surface area contributed by atoms with E-state index < -0.39 is 0 Å². The molecule has 0 saturated carbocycles. The van der Waals surface area contributed by atoms with Gasteiger partial charge in [-0.05, 0) is 76.9 Å². The van der Waals surface area contributed by atoms with E-state index >= 15 is 0 Å². The largest absolute Gasteiger partial charge is 0.455 e. The monoisotopic (exact) mass is 759 g/mol. The van der Waals surface area contributed by atoms with Gasteiger partial charge in [-0.15, -0.1) is 11.3 Å². The number of anilines is 3. The number of fused-ring (bicyclic) bond motifs is 9. The molecular weight excluding hydrogens is 727 g/mol. The molecule has 0 radical (unpaired) electrons. The van der Waals surface area contributed by atoms with Gasteiger partial charge in [-0.1, -0.05) is 146 Å². The molecule has 12 rings (SSSR count). The van der Waals surface area contributed by atoms with E-state index in [1.165, 1.54) is 20.2 Å². The van der Waals surface area contributed by atoms with Gasteiger partial charge in [0, 0.05) is 64.2 Å². The summed E-state index contributed by atoms with van der Waals surface area (Å²) in [6.45, 7) is 0. The summed E-state index contributed by atoms with van der Waals surface area (Å²) < 4.78 is 15.4. The van der Waals surface area contributed by atoms with Gasteiger partial charge in [0.1, 0.15) is 22.3 Å². The molecule has 3 aromatic heterocycles. The van der Waals surface area contributed by atoms with E-state index in [2.05, 4.69) is 181 Å². The molecule has 0 saturated heterocycles. The second-order valence-electron chi connectivity index (χ2n) is 14.8. The summed E-state index contributed by atoms with van der Waals surface area (Å²) in [6, 6.07) is 71.5. The van der Waals surface area contributed by atoms with Gasteiger partial charge in [0.2, 0.25) is 0 Å². The number of thiophene rings is 1. The first-order valence-corrected chi connectivity index (χ1v) is 20.4. The van der Waals surface area contributed by atoms with Crippen molar-refractivity contribution in [1.29, 1.82) is 0 Å². The van der Waals surface area contributed by atoms with Crippen LogP contribution in [0.5, 0.6) is 0 Å². The quantitative estimate of drug-likeness (QED) is 0.169. The van der Waals surface area contributed by atoms with E-state index in [1.54, 1.807) is 0 Å². The van der Waals surface area contributed by atoms with Crippen LogP contribution in [0.15, 0.2) is 209 Å². The highest BCUT2D eigenvalue weighted by atomic mass is 32.1. The molecule has 0 aliphatic rings. The van der Waals surface area contributed by atoms with Crippen LogP contribution in [0.3, 0.4) is 0 Å². The summed E-state index contributed by atoms with van der Waals surface area (Å²) >= 11 is 1.84. The van der Waals surface area contributed by atoms with Crippen molar-refractivity contribution >= 4 is 92.4 Å². The zero-order chi connectivity index (χ0) is 38.2. The van der Waals surface area contributed by atoms with E-state index in [9.17, 15) is 0 Å². The van der Waals surface area contributed by atoms with Crippen molar-refractivity contribution in [1.82, 2.24) is 0 Å². The smallest absolute Gasteiger partial charge is 0.143 e. The van der Waals surface area contributed by atoms with Crippen molar-refractivity contribution in [2.75, 3.05) is 4.90 Å². The van der Waals surface area contributed by atoms with Gasteiger partial charge >= 0.3 is 0 Å². The SMILES string of the molecule is c1cc(-c2cccc3c2oc2ccccc23)cc(N(c2ccc(-c3ccc(-c4cccc5c4oc4ccccc45)cc3)cc2)c2cccc3sc4ccccc4c23)c1. The minimum absolute atomic E-state index is 0.900. The van der Waals surface area contributed by atoms with Gasteiger partial charge in [0.25, 0.3) is 0 Å². The van der Waals surface area contributed by atoms with Gasteiger partial charge in [0.15, 0.2) is 0 Å². The molecule has 0 atom stereocenters. The van der Waals surface area contributed by atoms with Crippen molar-refractivity contribution in [2.24, 2.45) is 0 Å². The Morgan fingerprint density at radius 3 is 1.55 bits per heavy atom. The third kappa shape index (κ3) is 5.19. The number of para-hydroxylation sites is 4. The lowest BCUT2D eigenvalue weighted by atomic mass is 9.98. The number of hydrogen-bond acceptors (Lipinski definition) is 4. The minimum atomic E-state index is 0.900. The highest BCUT2D eigenvalue weighted by Gasteiger charge is 2.20. The third-order valence-electron chi connectivity index (χ3n) is 11.5. The Kier molecular flexibility index (Phi) is 7.40. The summed E-state index contributed by atoms with van der Waals surface area (Å²) in [6.07, 6.45) is 0. The molecule has 0 aliphatic heterocycles. The van der Waals surface area contributed by atoms with Crippen LogP contribution < -0.4 is 4.90 Å². The van der Waals surface area contributed by atoms with E-state index in [0.717, 1.165) is 94.3 Å². The molecule has 0 unspecified atom stereocenters. The molecule has 58 heavy (non-hydrogen) atoms. The second-order valence-corrected chi connectivity index (χ2v) is 15.9. The van der Waals surface area contributed by atoms with Crippen LogP contribution in [0.25, 0.3) is 97.4 Å². The molecule has 272 valence electrons. The zero-order valence-electron chi connectivity index (χ0n) is 31.2. The highest BCUT2D eigenvalue weighted by Crippen LogP contribution is 2.46. The summed E-state index contributed by atoms with van der Waals surface area (Å²) in [5, 5.41) is 7.06. The standard InChI is InChI=1S/C54H33NO2S/c1-4-21-48-42(13-1)44-18-8-16-40(53(44)56-48)36-27-25-34(26-28-36)35-29-31-38(32-30-35)55(47-20-10-24-51-52(47)46-15-3-6-23-50(46)58-51)39-12-7-11-37(33-39)41-17-9-19-45-43-14-2-5-22-49(43)57-54(41)45/h1-33H. The average Bonchev–Trinajstić information content (AvgIpc) is 3.99.